The highest BCUT2D eigenvalue weighted by atomic mass is 35.5. The van der Waals surface area contributed by atoms with Crippen LogP contribution in [0.15, 0.2) is 29.4 Å². The van der Waals surface area contributed by atoms with Gasteiger partial charge < -0.3 is 5.21 Å². The topological polar surface area (TPSA) is 32.6 Å². The fourth-order valence-electron chi connectivity index (χ4n) is 0.884. The number of rotatable bonds is 2. The van der Waals surface area contributed by atoms with Crippen LogP contribution in [0.5, 0.6) is 0 Å². The molecule has 1 atom stereocenters. The monoisotopic (exact) mass is 201 g/mol. The number of benzene rings is 1. The molecule has 1 rings (SSSR count). The van der Waals surface area contributed by atoms with Gasteiger partial charge in [-0.25, -0.2) is 0 Å². The average molecular weight is 202 g/mol. The van der Waals surface area contributed by atoms with Crippen molar-refractivity contribution in [2.24, 2.45) is 5.16 Å². The molecule has 1 aromatic rings. The van der Waals surface area contributed by atoms with Crippen LogP contribution in [0.2, 0.25) is 5.02 Å². The van der Waals surface area contributed by atoms with Gasteiger partial charge in [0, 0.05) is 16.7 Å². The van der Waals surface area contributed by atoms with Gasteiger partial charge in [0.15, 0.2) is 0 Å². The summed E-state index contributed by atoms with van der Waals surface area (Å²) in [4.78, 5) is 0. The standard InChI is InChI=1S/C8H9ClNOP/c9-7-3-1-2-6(4-7)8(5-12)10-11/h1-4,11H,5,12H2/b10-8+. The first kappa shape index (κ1) is 9.50. The Balaban J connectivity index is 3.02. The van der Waals surface area contributed by atoms with Crippen molar-refractivity contribution in [3.63, 3.8) is 0 Å². The Morgan fingerprint density at radius 1 is 1.58 bits per heavy atom. The minimum Gasteiger partial charge on any atom is -0.411 e. The Kier molecular flexibility index (Phi) is 3.51. The lowest BCUT2D eigenvalue weighted by Gasteiger charge is -2.00. The lowest BCUT2D eigenvalue weighted by molar-refractivity contribution is 0.319. The molecule has 4 heteroatoms. The molecule has 0 radical (unpaired) electrons. The van der Waals surface area contributed by atoms with Crippen LogP contribution in [-0.4, -0.2) is 17.1 Å². The normalized spacial score (nSPS) is 11.7. The molecule has 0 aromatic heterocycles. The molecule has 1 N–H and O–H groups in total. The largest absolute Gasteiger partial charge is 0.411 e. The van der Waals surface area contributed by atoms with Gasteiger partial charge in [-0.05, 0) is 12.1 Å². The number of nitrogens with zero attached hydrogens (tertiary/aromatic N) is 1. The van der Waals surface area contributed by atoms with E-state index in [-0.39, 0.29) is 0 Å². The maximum absolute atomic E-state index is 8.60. The van der Waals surface area contributed by atoms with E-state index in [1.54, 1.807) is 12.1 Å². The highest BCUT2D eigenvalue weighted by Crippen LogP contribution is 2.12. The van der Waals surface area contributed by atoms with Gasteiger partial charge in [0.2, 0.25) is 0 Å². The summed E-state index contributed by atoms with van der Waals surface area (Å²) >= 11 is 5.76. The molecule has 2 nitrogen and oxygen atoms in total. The van der Waals surface area contributed by atoms with Crippen LogP contribution in [0.1, 0.15) is 5.56 Å². The Hall–Kier alpha value is -0.590. The molecule has 64 valence electrons. The number of hydrogen-bond acceptors (Lipinski definition) is 2. The van der Waals surface area contributed by atoms with E-state index in [2.05, 4.69) is 14.4 Å². The quantitative estimate of drug-likeness (QED) is 0.339. The summed E-state index contributed by atoms with van der Waals surface area (Å²) in [7, 11) is 2.49. The van der Waals surface area contributed by atoms with Crippen molar-refractivity contribution in [3.8, 4) is 0 Å². The Morgan fingerprint density at radius 2 is 2.33 bits per heavy atom. The van der Waals surface area contributed by atoms with Gasteiger partial charge in [-0.2, -0.15) is 0 Å². The Morgan fingerprint density at radius 3 is 2.83 bits per heavy atom. The van der Waals surface area contributed by atoms with Crippen LogP contribution in [0, 0.1) is 0 Å². The van der Waals surface area contributed by atoms with Crippen molar-refractivity contribution in [1.29, 1.82) is 0 Å². The maximum atomic E-state index is 8.60. The second-order valence-corrected chi connectivity index (χ2v) is 3.11. The van der Waals surface area contributed by atoms with Crippen molar-refractivity contribution >= 4 is 26.6 Å². The molecule has 0 saturated heterocycles. The molecular weight excluding hydrogens is 193 g/mol. The van der Waals surface area contributed by atoms with Gasteiger partial charge in [-0.1, -0.05) is 28.9 Å². The minimum absolute atomic E-state index is 0.608. The molecule has 12 heavy (non-hydrogen) atoms. The van der Waals surface area contributed by atoms with Crippen molar-refractivity contribution < 1.29 is 5.21 Å². The fourth-order valence-corrected chi connectivity index (χ4v) is 1.39. The lowest BCUT2D eigenvalue weighted by atomic mass is 10.1. The third-order valence-corrected chi connectivity index (χ3v) is 2.09. The molecule has 0 fully saturated rings. The molecule has 1 aromatic carbocycles. The molecule has 0 amide bonds. The first-order valence-corrected chi connectivity index (χ1v) is 4.64. The zero-order chi connectivity index (χ0) is 8.97. The molecule has 0 bridgehead atoms. The third-order valence-electron chi connectivity index (χ3n) is 1.47. The van der Waals surface area contributed by atoms with Crippen molar-refractivity contribution in [3.05, 3.63) is 34.9 Å². The summed E-state index contributed by atoms with van der Waals surface area (Å²) in [5.74, 6) is 0. The Labute approximate surface area is 78.4 Å². The Bertz CT molecular complexity index is 301. The number of hydrogen-bond donors (Lipinski definition) is 1. The van der Waals surface area contributed by atoms with Gasteiger partial charge in [-0.15, -0.1) is 9.24 Å². The summed E-state index contributed by atoms with van der Waals surface area (Å²) in [5.41, 5.74) is 1.46. The highest BCUT2D eigenvalue weighted by Gasteiger charge is 2.00. The molecule has 0 aliphatic heterocycles. The fraction of sp³-hybridized carbons (Fsp3) is 0.125. The van der Waals surface area contributed by atoms with Gasteiger partial charge in [0.05, 0.1) is 5.71 Å². The van der Waals surface area contributed by atoms with E-state index < -0.39 is 0 Å². The maximum Gasteiger partial charge on any atom is 0.0905 e. The van der Waals surface area contributed by atoms with E-state index in [0.29, 0.717) is 16.9 Å². The summed E-state index contributed by atoms with van der Waals surface area (Å²) in [6, 6.07) is 7.22. The smallest absolute Gasteiger partial charge is 0.0905 e. The average Bonchev–Trinajstić information content (AvgIpc) is 2.07. The van der Waals surface area contributed by atoms with E-state index >= 15 is 0 Å². The van der Waals surface area contributed by atoms with Crippen LogP contribution < -0.4 is 0 Å². The van der Waals surface area contributed by atoms with E-state index in [1.807, 2.05) is 12.1 Å². The van der Waals surface area contributed by atoms with Crippen LogP contribution in [0.4, 0.5) is 0 Å². The first-order chi connectivity index (χ1) is 5.77. The molecule has 0 aliphatic carbocycles. The van der Waals surface area contributed by atoms with Crippen molar-refractivity contribution in [1.82, 2.24) is 0 Å². The third kappa shape index (κ3) is 2.20. The lowest BCUT2D eigenvalue weighted by Crippen LogP contribution is -2.01. The first-order valence-electron chi connectivity index (χ1n) is 3.45. The summed E-state index contributed by atoms with van der Waals surface area (Å²) in [6.45, 7) is 0. The van der Waals surface area contributed by atoms with Crippen molar-refractivity contribution in [2.45, 2.75) is 0 Å². The summed E-state index contributed by atoms with van der Waals surface area (Å²) in [6.07, 6.45) is 0.608. The minimum atomic E-state index is 0.608. The van der Waals surface area contributed by atoms with E-state index in [0.717, 1.165) is 5.56 Å². The predicted octanol–water partition coefficient (Wildman–Crippen LogP) is 2.39. The van der Waals surface area contributed by atoms with Crippen LogP contribution >= 0.6 is 20.8 Å². The van der Waals surface area contributed by atoms with Gasteiger partial charge >= 0.3 is 0 Å². The molecule has 1 unspecified atom stereocenters. The van der Waals surface area contributed by atoms with Crippen LogP contribution in [-0.2, 0) is 0 Å². The summed E-state index contributed by atoms with van der Waals surface area (Å²) in [5, 5.41) is 12.4. The molecular formula is C8H9ClNOP. The van der Waals surface area contributed by atoms with E-state index in [4.69, 9.17) is 16.8 Å². The van der Waals surface area contributed by atoms with Crippen molar-refractivity contribution in [2.75, 3.05) is 6.16 Å². The molecule has 0 spiro atoms. The van der Waals surface area contributed by atoms with Gasteiger partial charge in [0.1, 0.15) is 0 Å². The van der Waals surface area contributed by atoms with Crippen LogP contribution in [0.3, 0.4) is 0 Å². The van der Waals surface area contributed by atoms with Crippen LogP contribution in [0.25, 0.3) is 0 Å². The zero-order valence-corrected chi connectivity index (χ0v) is 8.28. The second-order valence-electron chi connectivity index (χ2n) is 2.26. The highest BCUT2D eigenvalue weighted by molar-refractivity contribution is 7.18. The molecule has 0 heterocycles. The number of halogens is 1. The second kappa shape index (κ2) is 4.44. The molecule has 0 aliphatic rings. The van der Waals surface area contributed by atoms with Gasteiger partial charge in [-0.3, -0.25) is 0 Å². The molecule has 0 saturated carbocycles. The predicted molar refractivity (Wildman–Crippen MR) is 54.4 cm³/mol. The zero-order valence-electron chi connectivity index (χ0n) is 6.37. The van der Waals surface area contributed by atoms with E-state index in [9.17, 15) is 0 Å². The van der Waals surface area contributed by atoms with Gasteiger partial charge in [0.25, 0.3) is 0 Å². The number of oxime groups is 1. The van der Waals surface area contributed by atoms with E-state index in [1.165, 1.54) is 0 Å². The summed E-state index contributed by atoms with van der Waals surface area (Å²) < 4.78 is 0. The SMILES string of the molecule is O/N=C(\CP)c1cccc(Cl)c1.